The molecule has 2 aromatic rings. The fourth-order valence-corrected chi connectivity index (χ4v) is 2.02. The van der Waals surface area contributed by atoms with Crippen molar-refractivity contribution in [1.29, 1.82) is 2.56 Å². The van der Waals surface area contributed by atoms with Crippen LogP contribution in [-0.2, 0) is 11.8 Å². The Morgan fingerprint density at radius 3 is 1.77 bits per heavy atom. The Morgan fingerprint density at radius 2 is 1.42 bits per heavy atom. The number of aromatic hydroxyl groups is 3. The van der Waals surface area contributed by atoms with Crippen LogP contribution in [0.15, 0.2) is 24.3 Å². The molecule has 0 aliphatic carbocycles. The van der Waals surface area contributed by atoms with Crippen LogP contribution in [0.2, 0.25) is 0 Å². The Labute approximate surface area is 168 Å². The monoisotopic (exact) mass is 436 g/mol. The van der Waals surface area contributed by atoms with Crippen molar-refractivity contribution in [3.63, 3.8) is 0 Å². The molecule has 5 nitrogen and oxygen atoms in total. The summed E-state index contributed by atoms with van der Waals surface area (Å²) in [6.07, 6.45) is 1.23. The van der Waals surface area contributed by atoms with Gasteiger partial charge in [0.25, 0.3) is 0 Å². The molecule has 0 radical (unpaired) electrons. The molecule has 0 heterocycles. The minimum Gasteiger partial charge on any atom is -0.508 e. The first-order chi connectivity index (χ1) is 13.0. The maximum Gasteiger partial charge on any atom is 0.355 e. The third-order valence-electron chi connectivity index (χ3n) is 3.09. The maximum atomic E-state index is 10.4. The summed E-state index contributed by atoms with van der Waals surface area (Å²) < 4.78 is 12.1. The lowest BCUT2D eigenvalue weighted by Crippen LogP contribution is -1.88. The van der Waals surface area contributed by atoms with Crippen LogP contribution in [0.1, 0.15) is 37.4 Å². The van der Waals surface area contributed by atoms with Crippen molar-refractivity contribution in [3.05, 3.63) is 52.1 Å². The largest absolute Gasteiger partial charge is 0.508 e. The minimum absolute atomic E-state index is 0.0365. The molecule has 0 saturated heterocycles. The van der Waals surface area contributed by atoms with E-state index >= 15 is 0 Å². The van der Waals surface area contributed by atoms with Gasteiger partial charge in [0.15, 0.2) is 31.4 Å². The Kier molecular flexibility index (Phi) is 11.9. The van der Waals surface area contributed by atoms with Crippen LogP contribution in [0.5, 0.6) is 17.2 Å². The highest BCUT2D eigenvalue weighted by Gasteiger charge is 2.05. The number of phenols is 3. The van der Waals surface area contributed by atoms with E-state index < -0.39 is 6.99 Å². The molecule has 0 saturated carbocycles. The molecule has 0 aromatic heterocycles. The summed E-state index contributed by atoms with van der Waals surface area (Å²) in [5.41, 5.74) is 2.96. The summed E-state index contributed by atoms with van der Waals surface area (Å²) in [6, 6.07) is 6.00. The van der Waals surface area contributed by atoms with Crippen molar-refractivity contribution in [1.82, 2.24) is 0 Å². The SMILES string of the molecule is Cc1cc(C)c(C=O)c(O)c1.Cc1cc(O)cc(O)c1C=O.[2H]P.[3H][P+](P)=S. The third-order valence-corrected chi connectivity index (χ3v) is 3.09. The van der Waals surface area contributed by atoms with E-state index in [1.54, 1.807) is 29.8 Å². The van der Waals surface area contributed by atoms with Crippen molar-refractivity contribution >= 4 is 50.1 Å². The van der Waals surface area contributed by atoms with Gasteiger partial charge in [0.05, 0.1) is 21.3 Å². The fourth-order valence-electron chi connectivity index (χ4n) is 2.02. The van der Waals surface area contributed by atoms with Crippen LogP contribution in [0.3, 0.4) is 0 Å². The lowest BCUT2D eigenvalue weighted by molar-refractivity contribution is 0.111. The van der Waals surface area contributed by atoms with Crippen LogP contribution < -0.4 is 0 Å². The highest BCUT2D eigenvalue weighted by molar-refractivity contribution is 8.24. The van der Waals surface area contributed by atoms with Gasteiger partial charge in [0.2, 0.25) is 0 Å². The van der Waals surface area contributed by atoms with Crippen LogP contribution in [0, 0.1) is 20.8 Å². The van der Waals surface area contributed by atoms with Gasteiger partial charge < -0.3 is 15.3 Å². The number of aryl methyl sites for hydroxylation is 3. The van der Waals surface area contributed by atoms with Crippen LogP contribution >= 0.6 is 25.8 Å². The summed E-state index contributed by atoms with van der Waals surface area (Å²) in [5, 5.41) is 27.3. The Bertz CT molecular complexity index is 708. The Morgan fingerprint density at radius 1 is 1.04 bits per heavy atom. The Hall–Kier alpha value is -1.44. The van der Waals surface area contributed by atoms with Gasteiger partial charge in [-0.1, -0.05) is 6.07 Å². The normalized spacial score (nSPS) is 10.1. The van der Waals surface area contributed by atoms with Crippen LogP contribution in [-0.4, -0.2) is 30.4 Å². The molecule has 9 heteroatoms. The number of benzene rings is 2. The molecular formula is C17H24O5P3S+. The lowest BCUT2D eigenvalue weighted by atomic mass is 10.1. The summed E-state index contributed by atoms with van der Waals surface area (Å²) in [7, 11) is 3.87. The first-order valence-corrected chi connectivity index (χ1v) is 10.5. The molecule has 142 valence electrons. The van der Waals surface area contributed by atoms with Crippen molar-refractivity contribution in [2.24, 2.45) is 0 Å². The minimum atomic E-state index is -0.870. The van der Waals surface area contributed by atoms with Gasteiger partial charge in [-0.05, 0) is 49.6 Å². The highest BCUT2D eigenvalue weighted by atomic mass is 32.6. The first kappa shape index (κ1) is 22.6. The van der Waals surface area contributed by atoms with E-state index in [1.807, 2.05) is 13.0 Å². The molecule has 0 fully saturated rings. The number of hydrogen-bond donors (Lipinski definition) is 3. The standard InChI is InChI=1S/C9H10O2.C8H8O3.H2P2S.H3P/c1-6-3-7(2)8(5-10)9(11)4-6;1-5-2-6(10)3-8(11)7(5)4-9;1-2-3;/h3-5,11H,1-2H3;2-4,10-11H,1H3;1H2;1H3/p+1/i;;;1D/hT. The molecular weight excluding hydrogens is 409 g/mol. The smallest absolute Gasteiger partial charge is 0.355 e. The number of aldehydes is 2. The summed E-state index contributed by atoms with van der Waals surface area (Å²) >= 11 is 4.31. The highest BCUT2D eigenvalue weighted by Crippen LogP contribution is 2.24. The van der Waals surface area contributed by atoms with Crippen molar-refractivity contribution < 1.29 is 24.9 Å². The average molecular weight is 436 g/mol. The van der Waals surface area contributed by atoms with E-state index in [2.05, 4.69) is 20.7 Å². The molecule has 0 aliphatic rings. The van der Waals surface area contributed by atoms with Gasteiger partial charge in [-0.15, -0.1) is 0 Å². The van der Waals surface area contributed by atoms with E-state index in [0.29, 0.717) is 23.7 Å². The second-order valence-corrected chi connectivity index (χ2v) is 7.79. The predicted molar refractivity (Wildman–Crippen MR) is 119 cm³/mol. The fraction of sp³-hybridized carbons (Fsp3) is 0.176. The van der Waals surface area contributed by atoms with Gasteiger partial charge in [-0.2, -0.15) is 9.84 Å². The first-order valence-electron chi connectivity index (χ1n) is 7.99. The summed E-state index contributed by atoms with van der Waals surface area (Å²) in [5.74, 6) is -0.152. The molecule has 2 aromatic carbocycles. The van der Waals surface area contributed by atoms with E-state index in [-0.39, 0.29) is 22.8 Å². The Balaban J connectivity index is 0. The zero-order chi connectivity index (χ0) is 22.4. The second-order valence-electron chi connectivity index (χ2n) is 5.05. The van der Waals surface area contributed by atoms with Crippen molar-refractivity contribution in [2.75, 3.05) is 0 Å². The molecule has 0 spiro atoms. The zero-order valence-electron chi connectivity index (χ0n) is 16.6. The van der Waals surface area contributed by atoms with E-state index in [1.165, 1.54) is 6.07 Å². The van der Waals surface area contributed by atoms with E-state index in [0.717, 1.165) is 17.2 Å². The summed E-state index contributed by atoms with van der Waals surface area (Å²) in [6.45, 7) is 4.45. The predicted octanol–water partition coefficient (Wildman–Crippen LogP) is 4.02. The van der Waals surface area contributed by atoms with Gasteiger partial charge in [-0.3, -0.25) is 9.59 Å². The topological polar surface area (TPSA) is 94.8 Å². The van der Waals surface area contributed by atoms with Crippen LogP contribution in [0.25, 0.3) is 0 Å². The third kappa shape index (κ3) is 8.78. The molecule has 26 heavy (non-hydrogen) atoms. The number of carbonyl (C=O) groups excluding carboxylic acids is 2. The summed E-state index contributed by atoms with van der Waals surface area (Å²) in [4.78, 5) is 20.7. The van der Waals surface area contributed by atoms with Gasteiger partial charge in [-0.25, -0.2) is 0 Å². The van der Waals surface area contributed by atoms with E-state index in [4.69, 9.17) is 12.8 Å². The molecule has 3 atom stereocenters. The zero-order valence-corrected chi connectivity index (χ0v) is 18.7. The quantitative estimate of drug-likeness (QED) is 0.486. The van der Waals surface area contributed by atoms with E-state index in [9.17, 15) is 14.7 Å². The molecule has 0 amide bonds. The average Bonchev–Trinajstić information content (AvgIpc) is 2.56. The lowest BCUT2D eigenvalue weighted by Gasteiger charge is -2.02. The molecule has 3 N–H and O–H groups in total. The van der Waals surface area contributed by atoms with Crippen LogP contribution in [0.4, 0.5) is 0 Å². The van der Waals surface area contributed by atoms with Gasteiger partial charge in [0.1, 0.15) is 17.2 Å². The number of carbonyl (C=O) groups is 2. The number of phenolic OH excluding ortho intramolecular Hbond substituents is 3. The molecule has 3 unspecified atom stereocenters. The maximum absolute atomic E-state index is 10.4. The number of hydrogen-bond acceptors (Lipinski definition) is 6. The van der Waals surface area contributed by atoms with Crippen molar-refractivity contribution in [2.45, 2.75) is 20.8 Å². The second kappa shape index (κ2) is 13.7. The molecule has 2 rings (SSSR count). The molecule has 0 bridgehead atoms. The number of rotatable bonds is 2. The van der Waals surface area contributed by atoms with Gasteiger partial charge >= 0.3 is 1.28 Å². The van der Waals surface area contributed by atoms with Gasteiger partial charge in [0, 0.05) is 6.07 Å². The van der Waals surface area contributed by atoms with Crippen molar-refractivity contribution in [3.8, 4) is 17.2 Å². The molecule has 0 aliphatic heterocycles.